The molecule has 5 heteroatoms. The minimum absolute atomic E-state index is 0.0975. The number of benzene rings is 1. The molecule has 0 aliphatic rings. The van der Waals surface area contributed by atoms with E-state index in [1.54, 1.807) is 7.05 Å². The zero-order valence-corrected chi connectivity index (χ0v) is 14.2. The molecule has 0 amide bonds. The van der Waals surface area contributed by atoms with E-state index in [0.717, 1.165) is 11.3 Å². The van der Waals surface area contributed by atoms with E-state index in [1.807, 2.05) is 45.0 Å². The van der Waals surface area contributed by atoms with E-state index in [-0.39, 0.29) is 17.5 Å². The van der Waals surface area contributed by atoms with Gasteiger partial charge in [0.15, 0.2) is 9.84 Å². The fourth-order valence-corrected chi connectivity index (χ4v) is 3.99. The van der Waals surface area contributed by atoms with Crippen molar-refractivity contribution in [3.8, 4) is 5.75 Å². The van der Waals surface area contributed by atoms with Crippen molar-refractivity contribution in [1.82, 2.24) is 5.32 Å². The molecular weight excluding hydrogens is 286 g/mol. The summed E-state index contributed by atoms with van der Waals surface area (Å²) in [6, 6.07) is 7.36. The van der Waals surface area contributed by atoms with Crippen molar-refractivity contribution in [3.05, 3.63) is 29.8 Å². The summed E-state index contributed by atoms with van der Waals surface area (Å²) in [7, 11) is -1.30. The monoisotopic (exact) mass is 313 g/mol. The van der Waals surface area contributed by atoms with Crippen molar-refractivity contribution in [2.45, 2.75) is 33.2 Å². The van der Waals surface area contributed by atoms with Crippen LogP contribution < -0.4 is 10.1 Å². The highest BCUT2D eigenvalue weighted by Crippen LogP contribution is 2.26. The molecule has 21 heavy (non-hydrogen) atoms. The van der Waals surface area contributed by atoms with E-state index >= 15 is 0 Å². The molecule has 0 spiro atoms. The van der Waals surface area contributed by atoms with Crippen LogP contribution in [0.4, 0.5) is 0 Å². The van der Waals surface area contributed by atoms with E-state index in [2.05, 4.69) is 5.32 Å². The first-order valence-corrected chi connectivity index (χ1v) is 9.31. The van der Waals surface area contributed by atoms with Crippen molar-refractivity contribution in [2.75, 3.05) is 25.2 Å². The number of hydrogen-bond donors (Lipinski definition) is 1. The van der Waals surface area contributed by atoms with Gasteiger partial charge in [-0.1, -0.05) is 32.0 Å². The Morgan fingerprint density at radius 2 is 1.90 bits per heavy atom. The van der Waals surface area contributed by atoms with Crippen molar-refractivity contribution in [3.63, 3.8) is 0 Å². The van der Waals surface area contributed by atoms with Gasteiger partial charge in [-0.2, -0.15) is 0 Å². The van der Waals surface area contributed by atoms with Crippen LogP contribution in [-0.2, 0) is 9.84 Å². The van der Waals surface area contributed by atoms with Gasteiger partial charge in [0, 0.05) is 11.6 Å². The molecule has 0 aromatic heterocycles. The minimum Gasteiger partial charge on any atom is -0.494 e. The third kappa shape index (κ3) is 6.06. The summed E-state index contributed by atoms with van der Waals surface area (Å²) in [5.41, 5.74) is 0.898. The second-order valence-corrected chi connectivity index (χ2v) is 7.84. The van der Waals surface area contributed by atoms with E-state index in [9.17, 15) is 8.42 Å². The first-order valence-electron chi connectivity index (χ1n) is 7.49. The van der Waals surface area contributed by atoms with E-state index < -0.39 is 9.84 Å². The van der Waals surface area contributed by atoms with Crippen LogP contribution in [-0.4, -0.2) is 33.6 Å². The lowest BCUT2D eigenvalue weighted by molar-refractivity contribution is 0.333. The third-order valence-corrected chi connectivity index (χ3v) is 5.07. The maximum absolute atomic E-state index is 12.3. The van der Waals surface area contributed by atoms with Gasteiger partial charge in [-0.3, -0.25) is 0 Å². The van der Waals surface area contributed by atoms with Crippen molar-refractivity contribution >= 4 is 9.84 Å². The number of para-hydroxylation sites is 1. The van der Waals surface area contributed by atoms with Gasteiger partial charge in [-0.25, -0.2) is 8.42 Å². The van der Waals surface area contributed by atoms with Crippen molar-refractivity contribution in [1.29, 1.82) is 0 Å². The van der Waals surface area contributed by atoms with Crippen LogP contribution in [0.5, 0.6) is 5.75 Å². The summed E-state index contributed by atoms with van der Waals surface area (Å²) in [5, 5.41) is 3.10. The molecular formula is C16H27NO3S. The summed E-state index contributed by atoms with van der Waals surface area (Å²) in [6.45, 7) is 6.56. The van der Waals surface area contributed by atoms with Gasteiger partial charge in [0.25, 0.3) is 0 Å². The van der Waals surface area contributed by atoms with Crippen LogP contribution in [0.15, 0.2) is 24.3 Å². The molecule has 0 heterocycles. The van der Waals surface area contributed by atoms with Crippen LogP contribution in [0.3, 0.4) is 0 Å². The summed E-state index contributed by atoms with van der Waals surface area (Å²) in [6.07, 6.45) is 0.700. The van der Waals surface area contributed by atoms with E-state index in [1.165, 1.54) is 0 Å². The van der Waals surface area contributed by atoms with Gasteiger partial charge in [0.2, 0.25) is 0 Å². The fraction of sp³-hybridized carbons (Fsp3) is 0.625. The molecule has 4 nitrogen and oxygen atoms in total. The second-order valence-electron chi connectivity index (χ2n) is 5.61. The van der Waals surface area contributed by atoms with Gasteiger partial charge >= 0.3 is 0 Å². The molecule has 1 aromatic rings. The van der Waals surface area contributed by atoms with Gasteiger partial charge in [0.05, 0.1) is 18.1 Å². The maximum Gasteiger partial charge on any atom is 0.152 e. The Labute approximate surface area is 128 Å². The van der Waals surface area contributed by atoms with Crippen LogP contribution in [0.2, 0.25) is 0 Å². The Bertz CT molecular complexity index is 526. The first kappa shape index (κ1) is 18.0. The normalized spacial score (nSPS) is 13.4. The fourth-order valence-electron chi connectivity index (χ4n) is 2.14. The van der Waals surface area contributed by atoms with Gasteiger partial charge in [-0.15, -0.1) is 0 Å². The number of sulfone groups is 1. The van der Waals surface area contributed by atoms with Crippen LogP contribution >= 0.6 is 0 Å². The molecule has 0 radical (unpaired) electrons. The first-order chi connectivity index (χ1) is 9.89. The Morgan fingerprint density at radius 3 is 2.48 bits per heavy atom. The second kappa shape index (κ2) is 8.39. The topological polar surface area (TPSA) is 55.4 Å². The van der Waals surface area contributed by atoms with Crippen molar-refractivity contribution < 1.29 is 13.2 Å². The largest absolute Gasteiger partial charge is 0.494 e. The molecule has 0 aliphatic heterocycles. The highest BCUT2D eigenvalue weighted by Gasteiger charge is 2.22. The smallest absolute Gasteiger partial charge is 0.152 e. The Morgan fingerprint density at radius 1 is 1.24 bits per heavy atom. The van der Waals surface area contributed by atoms with Gasteiger partial charge < -0.3 is 10.1 Å². The molecule has 1 unspecified atom stereocenters. The SMILES string of the molecule is CCOc1ccccc1C(CS(=O)(=O)CCC(C)C)NC. The lowest BCUT2D eigenvalue weighted by Gasteiger charge is -2.20. The average molecular weight is 313 g/mol. The molecule has 0 bridgehead atoms. The summed E-state index contributed by atoms with van der Waals surface area (Å²) >= 11 is 0. The molecule has 0 saturated carbocycles. The van der Waals surface area contributed by atoms with Crippen LogP contribution in [0.25, 0.3) is 0 Å². The summed E-state index contributed by atoms with van der Waals surface area (Å²) in [5.74, 6) is 1.47. The van der Waals surface area contributed by atoms with E-state index in [4.69, 9.17) is 4.74 Å². The Balaban J connectivity index is 2.88. The molecule has 1 aromatic carbocycles. The number of rotatable bonds is 9. The van der Waals surface area contributed by atoms with Gasteiger partial charge in [0.1, 0.15) is 5.75 Å². The third-order valence-electron chi connectivity index (χ3n) is 3.37. The minimum atomic E-state index is -3.09. The predicted octanol–water partition coefficient (Wildman–Crippen LogP) is 2.81. The molecule has 1 rings (SSSR count). The zero-order chi connectivity index (χ0) is 15.9. The quantitative estimate of drug-likeness (QED) is 0.761. The molecule has 120 valence electrons. The van der Waals surface area contributed by atoms with Crippen LogP contribution in [0, 0.1) is 5.92 Å². The Kier molecular flexibility index (Phi) is 7.18. The highest BCUT2D eigenvalue weighted by atomic mass is 32.2. The van der Waals surface area contributed by atoms with Crippen molar-refractivity contribution in [2.24, 2.45) is 5.92 Å². The molecule has 1 atom stereocenters. The molecule has 0 saturated heterocycles. The highest BCUT2D eigenvalue weighted by molar-refractivity contribution is 7.91. The lowest BCUT2D eigenvalue weighted by atomic mass is 10.1. The lowest BCUT2D eigenvalue weighted by Crippen LogP contribution is -2.27. The number of ether oxygens (including phenoxy) is 1. The number of hydrogen-bond acceptors (Lipinski definition) is 4. The number of nitrogens with one attached hydrogen (secondary N) is 1. The standard InChI is InChI=1S/C16H27NO3S/c1-5-20-16-9-7-6-8-14(16)15(17-4)12-21(18,19)11-10-13(2)3/h6-9,13,15,17H,5,10-12H2,1-4H3. The summed E-state index contributed by atoms with van der Waals surface area (Å²) in [4.78, 5) is 0. The Hall–Kier alpha value is -1.07. The predicted molar refractivity (Wildman–Crippen MR) is 87.5 cm³/mol. The van der Waals surface area contributed by atoms with E-state index in [0.29, 0.717) is 18.9 Å². The van der Waals surface area contributed by atoms with Gasteiger partial charge in [-0.05, 0) is 32.4 Å². The summed E-state index contributed by atoms with van der Waals surface area (Å²) < 4.78 is 30.1. The average Bonchev–Trinajstić information content (AvgIpc) is 2.44. The maximum atomic E-state index is 12.3. The zero-order valence-electron chi connectivity index (χ0n) is 13.4. The molecule has 0 aliphatic carbocycles. The molecule has 1 N–H and O–H groups in total. The molecule has 0 fully saturated rings. The van der Waals surface area contributed by atoms with Crippen LogP contribution in [0.1, 0.15) is 38.8 Å².